The minimum absolute atomic E-state index is 0.0947. The van der Waals surface area contributed by atoms with Gasteiger partial charge in [0.15, 0.2) is 0 Å². The van der Waals surface area contributed by atoms with Gasteiger partial charge in [0, 0.05) is 45.3 Å². The largest absolute Gasteiger partial charge is 0.373 e. The van der Waals surface area contributed by atoms with Crippen molar-refractivity contribution < 1.29 is 4.92 Å². The van der Waals surface area contributed by atoms with Gasteiger partial charge in [0.1, 0.15) is 0 Å². The van der Waals surface area contributed by atoms with Crippen LogP contribution in [0.4, 0.5) is 11.4 Å². The number of fused-ring (bicyclic) bond motifs is 4. The van der Waals surface area contributed by atoms with E-state index in [0.29, 0.717) is 0 Å². The van der Waals surface area contributed by atoms with Gasteiger partial charge in [-0.15, -0.1) is 0 Å². The number of nitro benzene ring substituents is 1. The van der Waals surface area contributed by atoms with Crippen molar-refractivity contribution >= 4 is 38.2 Å². The molecule has 0 saturated heterocycles. The lowest BCUT2D eigenvalue weighted by Crippen LogP contribution is -2.13. The Bertz CT molecular complexity index is 1230. The fraction of sp³-hybridized carbons (Fsp3) is 0.0909. The maximum absolute atomic E-state index is 11.3. The van der Waals surface area contributed by atoms with E-state index in [1.54, 1.807) is 12.1 Å². The number of non-ortho nitro benzene ring substituents is 1. The van der Waals surface area contributed by atoms with Crippen molar-refractivity contribution in [2.24, 2.45) is 0 Å². The second kappa shape index (κ2) is 6.49. The molecule has 0 fully saturated rings. The van der Waals surface area contributed by atoms with Gasteiger partial charge in [0.05, 0.1) is 11.0 Å². The molecule has 2 N–H and O–H groups in total. The molecule has 5 rings (SSSR count). The van der Waals surface area contributed by atoms with Crippen molar-refractivity contribution in [3.63, 3.8) is 0 Å². The number of aromatic nitrogens is 1. The summed E-state index contributed by atoms with van der Waals surface area (Å²) in [6.45, 7) is 0. The molecule has 4 aromatic rings. The van der Waals surface area contributed by atoms with Gasteiger partial charge in [0.25, 0.3) is 5.69 Å². The van der Waals surface area contributed by atoms with E-state index in [4.69, 9.17) is 0 Å². The number of nitro groups is 1. The molecule has 6 heteroatoms. The zero-order chi connectivity index (χ0) is 19.3. The van der Waals surface area contributed by atoms with Crippen LogP contribution in [0.2, 0.25) is 0 Å². The SMILES string of the molecule is O=[N+]([O-])c1cccc(C2Nc3ccccc3Cc3c2[nH]c2ccc(Br)cc32)c1. The summed E-state index contributed by atoms with van der Waals surface area (Å²) in [5.41, 5.74) is 6.53. The van der Waals surface area contributed by atoms with E-state index in [0.717, 1.165) is 33.4 Å². The standard InChI is InChI=1S/C22H16BrN3O2/c23-15-8-9-20-17(12-15)18-11-13-4-1-2-7-19(13)24-21(22(18)25-20)14-5-3-6-16(10-14)26(27)28/h1-10,12,21,24-25H,11H2. The highest BCUT2D eigenvalue weighted by atomic mass is 79.9. The summed E-state index contributed by atoms with van der Waals surface area (Å²) in [6.07, 6.45) is 0.792. The van der Waals surface area contributed by atoms with Gasteiger partial charge in [-0.25, -0.2) is 0 Å². The number of aromatic amines is 1. The summed E-state index contributed by atoms with van der Waals surface area (Å²) >= 11 is 3.58. The summed E-state index contributed by atoms with van der Waals surface area (Å²) in [6, 6.07) is 21.1. The average molecular weight is 434 g/mol. The van der Waals surface area contributed by atoms with Crippen molar-refractivity contribution in [1.29, 1.82) is 0 Å². The lowest BCUT2D eigenvalue weighted by Gasteiger charge is -2.19. The number of nitrogens with zero attached hydrogens (tertiary/aromatic N) is 1. The summed E-state index contributed by atoms with van der Waals surface area (Å²) in [5.74, 6) is 0. The van der Waals surface area contributed by atoms with E-state index in [2.05, 4.69) is 50.5 Å². The predicted octanol–water partition coefficient (Wildman–Crippen LogP) is 5.94. The Kier molecular flexibility index (Phi) is 3.94. The van der Waals surface area contributed by atoms with Crippen LogP contribution in [-0.2, 0) is 6.42 Å². The molecule has 138 valence electrons. The molecule has 0 amide bonds. The van der Waals surface area contributed by atoms with Gasteiger partial charge in [0.2, 0.25) is 0 Å². The molecule has 2 heterocycles. The molecule has 1 aliphatic heterocycles. The van der Waals surface area contributed by atoms with Crippen LogP contribution in [0.25, 0.3) is 10.9 Å². The van der Waals surface area contributed by atoms with Crippen LogP contribution in [0, 0.1) is 10.1 Å². The Hall–Kier alpha value is -3.12. The smallest absolute Gasteiger partial charge is 0.269 e. The zero-order valence-corrected chi connectivity index (χ0v) is 16.4. The average Bonchev–Trinajstić information content (AvgIpc) is 2.95. The monoisotopic (exact) mass is 433 g/mol. The Balaban J connectivity index is 1.76. The topological polar surface area (TPSA) is 71.0 Å². The first kappa shape index (κ1) is 17.0. The van der Waals surface area contributed by atoms with Gasteiger partial charge in [-0.3, -0.25) is 10.1 Å². The first-order valence-corrected chi connectivity index (χ1v) is 9.78. The molecule has 1 aliphatic rings. The summed E-state index contributed by atoms with van der Waals surface area (Å²) in [4.78, 5) is 14.5. The van der Waals surface area contributed by atoms with Gasteiger partial charge in [-0.2, -0.15) is 0 Å². The Morgan fingerprint density at radius 2 is 1.89 bits per heavy atom. The molecule has 5 nitrogen and oxygen atoms in total. The molecule has 1 unspecified atom stereocenters. The van der Waals surface area contributed by atoms with Crippen LogP contribution in [0.1, 0.15) is 28.4 Å². The van der Waals surface area contributed by atoms with Crippen molar-refractivity contribution in [3.05, 3.63) is 104 Å². The number of H-pyrrole nitrogens is 1. The molecule has 0 saturated carbocycles. The quantitative estimate of drug-likeness (QED) is 0.303. The number of rotatable bonds is 2. The highest BCUT2D eigenvalue weighted by Crippen LogP contribution is 2.40. The summed E-state index contributed by atoms with van der Waals surface area (Å²) < 4.78 is 1.03. The Morgan fingerprint density at radius 3 is 2.75 bits per heavy atom. The lowest BCUT2D eigenvalue weighted by molar-refractivity contribution is -0.384. The molecule has 28 heavy (non-hydrogen) atoms. The first-order chi connectivity index (χ1) is 13.6. The van der Waals surface area contributed by atoms with Crippen molar-refractivity contribution in [2.75, 3.05) is 5.32 Å². The number of anilines is 1. The fourth-order valence-corrected chi connectivity index (χ4v) is 4.34. The number of benzene rings is 3. The summed E-state index contributed by atoms with van der Waals surface area (Å²) in [5, 5.41) is 16.1. The zero-order valence-electron chi connectivity index (χ0n) is 14.8. The van der Waals surface area contributed by atoms with E-state index in [1.165, 1.54) is 22.6 Å². The van der Waals surface area contributed by atoms with E-state index in [-0.39, 0.29) is 16.7 Å². The third-order valence-electron chi connectivity index (χ3n) is 5.29. The van der Waals surface area contributed by atoms with E-state index < -0.39 is 0 Å². The number of para-hydroxylation sites is 1. The first-order valence-electron chi connectivity index (χ1n) is 8.99. The van der Waals surface area contributed by atoms with Gasteiger partial charge < -0.3 is 10.3 Å². The number of nitrogens with one attached hydrogen (secondary N) is 2. The number of halogens is 1. The fourth-order valence-electron chi connectivity index (χ4n) is 3.98. The Labute approximate surface area is 169 Å². The number of hydrogen-bond acceptors (Lipinski definition) is 3. The van der Waals surface area contributed by atoms with Crippen molar-refractivity contribution in [2.45, 2.75) is 12.5 Å². The van der Waals surface area contributed by atoms with E-state index >= 15 is 0 Å². The minimum atomic E-state index is -0.350. The Morgan fingerprint density at radius 1 is 1.04 bits per heavy atom. The molecular weight excluding hydrogens is 418 g/mol. The highest BCUT2D eigenvalue weighted by molar-refractivity contribution is 9.10. The molecule has 3 aromatic carbocycles. The van der Waals surface area contributed by atoms with Crippen LogP contribution in [0.5, 0.6) is 0 Å². The highest BCUT2D eigenvalue weighted by Gasteiger charge is 2.27. The number of hydrogen-bond donors (Lipinski definition) is 2. The maximum atomic E-state index is 11.3. The third-order valence-corrected chi connectivity index (χ3v) is 5.78. The van der Waals surface area contributed by atoms with Crippen LogP contribution in [0.3, 0.4) is 0 Å². The van der Waals surface area contributed by atoms with Crippen molar-refractivity contribution in [3.8, 4) is 0 Å². The molecule has 0 radical (unpaired) electrons. The molecule has 0 spiro atoms. The molecule has 1 atom stereocenters. The second-order valence-corrected chi connectivity index (χ2v) is 7.89. The molecular formula is C22H16BrN3O2. The third kappa shape index (κ3) is 2.77. The van der Waals surface area contributed by atoms with E-state index in [1.807, 2.05) is 24.3 Å². The van der Waals surface area contributed by atoms with Gasteiger partial charge in [-0.1, -0.05) is 46.3 Å². The molecule has 0 aliphatic carbocycles. The molecule has 0 bridgehead atoms. The lowest BCUT2D eigenvalue weighted by atomic mass is 9.97. The van der Waals surface area contributed by atoms with Crippen LogP contribution >= 0.6 is 15.9 Å². The van der Waals surface area contributed by atoms with E-state index in [9.17, 15) is 10.1 Å². The molecule has 1 aromatic heterocycles. The second-order valence-electron chi connectivity index (χ2n) is 6.97. The minimum Gasteiger partial charge on any atom is -0.373 e. The van der Waals surface area contributed by atoms with Crippen LogP contribution in [-0.4, -0.2) is 9.91 Å². The van der Waals surface area contributed by atoms with Gasteiger partial charge >= 0.3 is 0 Å². The van der Waals surface area contributed by atoms with Crippen molar-refractivity contribution in [1.82, 2.24) is 4.98 Å². The van der Waals surface area contributed by atoms with Crippen LogP contribution in [0.15, 0.2) is 71.2 Å². The predicted molar refractivity (Wildman–Crippen MR) is 114 cm³/mol. The summed E-state index contributed by atoms with van der Waals surface area (Å²) in [7, 11) is 0. The normalized spacial score (nSPS) is 15.4. The maximum Gasteiger partial charge on any atom is 0.269 e. The van der Waals surface area contributed by atoms with Gasteiger partial charge in [-0.05, 0) is 41.0 Å². The van der Waals surface area contributed by atoms with Crippen LogP contribution < -0.4 is 5.32 Å².